The fourth-order valence-corrected chi connectivity index (χ4v) is 3.19. The smallest absolute Gasteiger partial charge is 0.0298 e. The predicted molar refractivity (Wildman–Crippen MR) is 73.3 cm³/mol. The summed E-state index contributed by atoms with van der Waals surface area (Å²) in [5, 5.41) is 2.79. The van der Waals surface area contributed by atoms with Crippen LogP contribution < -0.4 is 5.73 Å². The Hall–Kier alpha value is -1.34. The summed E-state index contributed by atoms with van der Waals surface area (Å²) in [6, 6.07) is 11.2. The highest BCUT2D eigenvalue weighted by Crippen LogP contribution is 2.41. The van der Waals surface area contributed by atoms with Crippen LogP contribution in [0.3, 0.4) is 0 Å². The van der Waals surface area contributed by atoms with Gasteiger partial charge in [-0.2, -0.15) is 0 Å². The van der Waals surface area contributed by atoms with Gasteiger partial charge in [-0.25, -0.2) is 0 Å². The first kappa shape index (κ1) is 10.8. The third kappa shape index (κ3) is 1.57. The third-order valence-electron chi connectivity index (χ3n) is 4.13. The van der Waals surface area contributed by atoms with Crippen LogP contribution in [0.15, 0.2) is 30.3 Å². The average Bonchev–Trinajstić information content (AvgIpc) is 2.34. The fraction of sp³-hybridized carbons (Fsp3) is 0.375. The van der Waals surface area contributed by atoms with Crippen molar-refractivity contribution in [2.45, 2.75) is 38.6 Å². The number of fused-ring (bicyclic) bond motifs is 3. The first-order chi connectivity index (χ1) is 8.18. The second kappa shape index (κ2) is 3.85. The van der Waals surface area contributed by atoms with Gasteiger partial charge in [0.1, 0.15) is 0 Å². The number of aryl methyl sites for hydroxylation is 1. The van der Waals surface area contributed by atoms with Crippen molar-refractivity contribution in [1.29, 1.82) is 0 Å². The van der Waals surface area contributed by atoms with Gasteiger partial charge in [0.05, 0.1) is 0 Å². The maximum atomic E-state index is 6.27. The highest BCUT2D eigenvalue weighted by molar-refractivity contribution is 5.90. The number of hydrogen-bond acceptors (Lipinski definition) is 1. The summed E-state index contributed by atoms with van der Waals surface area (Å²) in [4.78, 5) is 0. The van der Waals surface area contributed by atoms with E-state index in [1.807, 2.05) is 0 Å². The monoisotopic (exact) mass is 225 g/mol. The molecule has 2 atom stereocenters. The zero-order chi connectivity index (χ0) is 12.0. The van der Waals surface area contributed by atoms with E-state index >= 15 is 0 Å². The molecular formula is C16H19N. The Morgan fingerprint density at radius 2 is 1.82 bits per heavy atom. The van der Waals surface area contributed by atoms with Crippen molar-refractivity contribution < 1.29 is 0 Å². The summed E-state index contributed by atoms with van der Waals surface area (Å²) in [5.41, 5.74) is 10.5. The second-order valence-electron chi connectivity index (χ2n) is 5.33. The summed E-state index contributed by atoms with van der Waals surface area (Å²) in [7, 11) is 0. The van der Waals surface area contributed by atoms with Gasteiger partial charge < -0.3 is 5.73 Å². The van der Waals surface area contributed by atoms with E-state index in [4.69, 9.17) is 5.73 Å². The molecule has 88 valence electrons. The van der Waals surface area contributed by atoms with Crippen LogP contribution in [0.1, 0.15) is 48.4 Å². The molecule has 0 heterocycles. The standard InChI is InChI=1S/C16H19N/c1-10-7-8-15(17)14-9-11(2)12-5-3-4-6-13(12)16(10)14/h3-6,9-10,15H,7-8,17H2,1-2H3. The molecule has 2 N–H and O–H groups in total. The van der Waals surface area contributed by atoms with Gasteiger partial charge in [-0.05, 0) is 53.1 Å². The van der Waals surface area contributed by atoms with Gasteiger partial charge in [-0.3, -0.25) is 0 Å². The van der Waals surface area contributed by atoms with Crippen molar-refractivity contribution in [3.05, 3.63) is 47.0 Å². The van der Waals surface area contributed by atoms with E-state index in [1.165, 1.54) is 33.9 Å². The normalized spacial score (nSPS) is 23.7. The van der Waals surface area contributed by atoms with Crippen molar-refractivity contribution in [2.24, 2.45) is 5.73 Å². The minimum atomic E-state index is 0.226. The molecule has 1 heteroatoms. The van der Waals surface area contributed by atoms with Gasteiger partial charge in [0, 0.05) is 6.04 Å². The molecule has 1 nitrogen and oxygen atoms in total. The highest BCUT2D eigenvalue weighted by Gasteiger charge is 2.24. The Bertz CT molecular complexity index is 571. The molecule has 0 fully saturated rings. The molecule has 0 amide bonds. The first-order valence-corrected chi connectivity index (χ1v) is 6.46. The van der Waals surface area contributed by atoms with Crippen molar-refractivity contribution in [1.82, 2.24) is 0 Å². The van der Waals surface area contributed by atoms with E-state index in [9.17, 15) is 0 Å². The van der Waals surface area contributed by atoms with Crippen LogP contribution in [0.5, 0.6) is 0 Å². The molecule has 1 aliphatic carbocycles. The predicted octanol–water partition coefficient (Wildman–Crippen LogP) is 4.05. The molecule has 17 heavy (non-hydrogen) atoms. The van der Waals surface area contributed by atoms with Crippen molar-refractivity contribution in [3.63, 3.8) is 0 Å². The molecule has 2 unspecified atom stereocenters. The maximum Gasteiger partial charge on any atom is 0.0298 e. The zero-order valence-corrected chi connectivity index (χ0v) is 10.5. The largest absolute Gasteiger partial charge is 0.324 e. The average molecular weight is 225 g/mol. The lowest BCUT2D eigenvalue weighted by molar-refractivity contribution is 0.516. The van der Waals surface area contributed by atoms with Crippen LogP contribution in [0.4, 0.5) is 0 Å². The number of hydrogen-bond donors (Lipinski definition) is 1. The molecular weight excluding hydrogens is 206 g/mol. The Labute approximate surface area is 103 Å². The minimum Gasteiger partial charge on any atom is -0.324 e. The molecule has 2 aromatic carbocycles. The van der Waals surface area contributed by atoms with Crippen LogP contribution in [-0.4, -0.2) is 0 Å². The third-order valence-corrected chi connectivity index (χ3v) is 4.13. The summed E-state index contributed by atoms with van der Waals surface area (Å²) in [5.74, 6) is 0.635. The minimum absolute atomic E-state index is 0.226. The quantitative estimate of drug-likeness (QED) is 0.719. The van der Waals surface area contributed by atoms with Crippen molar-refractivity contribution in [2.75, 3.05) is 0 Å². The highest BCUT2D eigenvalue weighted by atomic mass is 14.6. The topological polar surface area (TPSA) is 26.0 Å². The van der Waals surface area contributed by atoms with E-state index in [1.54, 1.807) is 0 Å². The molecule has 1 aliphatic rings. The van der Waals surface area contributed by atoms with Crippen LogP contribution in [-0.2, 0) is 0 Å². The first-order valence-electron chi connectivity index (χ1n) is 6.46. The molecule has 0 spiro atoms. The van der Waals surface area contributed by atoms with Gasteiger partial charge in [0.15, 0.2) is 0 Å². The van der Waals surface area contributed by atoms with Crippen molar-refractivity contribution in [3.8, 4) is 0 Å². The van der Waals surface area contributed by atoms with Crippen LogP contribution in [0, 0.1) is 6.92 Å². The molecule has 0 aliphatic heterocycles. The van der Waals surface area contributed by atoms with Crippen molar-refractivity contribution >= 4 is 10.8 Å². The summed E-state index contributed by atoms with van der Waals surface area (Å²) in [6.45, 7) is 4.51. The Morgan fingerprint density at radius 1 is 1.12 bits per heavy atom. The molecule has 0 radical (unpaired) electrons. The Kier molecular flexibility index (Phi) is 2.44. The fourth-order valence-electron chi connectivity index (χ4n) is 3.19. The lowest BCUT2D eigenvalue weighted by Crippen LogP contribution is -2.20. The van der Waals surface area contributed by atoms with Gasteiger partial charge in [0.25, 0.3) is 0 Å². The van der Waals surface area contributed by atoms with E-state index < -0.39 is 0 Å². The Balaban J connectivity index is 2.41. The van der Waals surface area contributed by atoms with Gasteiger partial charge in [-0.1, -0.05) is 37.3 Å². The van der Waals surface area contributed by atoms with E-state index in [2.05, 4.69) is 44.2 Å². The molecule has 3 rings (SSSR count). The maximum absolute atomic E-state index is 6.27. The molecule has 0 saturated carbocycles. The number of nitrogens with two attached hydrogens (primary N) is 1. The second-order valence-corrected chi connectivity index (χ2v) is 5.33. The van der Waals surface area contributed by atoms with Gasteiger partial charge in [-0.15, -0.1) is 0 Å². The molecule has 0 aromatic heterocycles. The summed E-state index contributed by atoms with van der Waals surface area (Å²) in [6.07, 6.45) is 2.33. The van der Waals surface area contributed by atoms with Crippen LogP contribution in [0.2, 0.25) is 0 Å². The Morgan fingerprint density at radius 3 is 2.59 bits per heavy atom. The van der Waals surface area contributed by atoms with E-state index in [0.717, 1.165) is 6.42 Å². The van der Waals surface area contributed by atoms with Crippen LogP contribution in [0.25, 0.3) is 10.8 Å². The lowest BCUT2D eigenvalue weighted by Gasteiger charge is -2.29. The molecule has 0 saturated heterocycles. The van der Waals surface area contributed by atoms with Gasteiger partial charge in [0.2, 0.25) is 0 Å². The van der Waals surface area contributed by atoms with E-state index in [-0.39, 0.29) is 6.04 Å². The SMILES string of the molecule is Cc1cc2c(c3ccccc13)C(C)CCC2N. The zero-order valence-electron chi connectivity index (χ0n) is 10.5. The molecule has 2 aromatic rings. The summed E-state index contributed by atoms with van der Waals surface area (Å²) < 4.78 is 0. The van der Waals surface area contributed by atoms with E-state index in [0.29, 0.717) is 5.92 Å². The summed E-state index contributed by atoms with van der Waals surface area (Å²) >= 11 is 0. The number of benzene rings is 2. The lowest BCUT2D eigenvalue weighted by atomic mass is 9.78. The van der Waals surface area contributed by atoms with Crippen LogP contribution >= 0.6 is 0 Å². The molecule has 0 bridgehead atoms. The number of rotatable bonds is 0. The van der Waals surface area contributed by atoms with Gasteiger partial charge >= 0.3 is 0 Å².